The second kappa shape index (κ2) is 4.81. The first-order chi connectivity index (χ1) is 8.06. The van der Waals surface area contributed by atoms with E-state index < -0.39 is 0 Å². The summed E-state index contributed by atoms with van der Waals surface area (Å²) < 4.78 is 10.4. The van der Waals surface area contributed by atoms with E-state index in [1.165, 1.54) is 0 Å². The van der Waals surface area contributed by atoms with Crippen LogP contribution in [0.2, 0.25) is 5.02 Å². The fraction of sp³-hybridized carbons (Fsp3) is 0.364. The van der Waals surface area contributed by atoms with E-state index in [0.29, 0.717) is 22.2 Å². The van der Waals surface area contributed by atoms with Crippen molar-refractivity contribution in [3.63, 3.8) is 0 Å². The molecule has 1 atom stereocenters. The van der Waals surface area contributed by atoms with Crippen molar-refractivity contribution in [1.29, 1.82) is 0 Å². The van der Waals surface area contributed by atoms with E-state index in [2.05, 4.69) is 5.32 Å². The maximum Gasteiger partial charge on any atom is 0.231 e. The van der Waals surface area contributed by atoms with E-state index in [1.54, 1.807) is 19.1 Å². The van der Waals surface area contributed by atoms with Gasteiger partial charge in [-0.25, -0.2) is 0 Å². The van der Waals surface area contributed by atoms with Crippen LogP contribution in [0.1, 0.15) is 13.3 Å². The largest absolute Gasteiger partial charge is 0.454 e. The van der Waals surface area contributed by atoms with E-state index in [0.717, 1.165) is 0 Å². The number of hydrogen-bond donors (Lipinski definition) is 2. The van der Waals surface area contributed by atoms with Crippen molar-refractivity contribution in [2.75, 3.05) is 12.1 Å². The maximum absolute atomic E-state index is 11.6. The number of nitrogens with two attached hydrogens (primary N) is 1. The average Bonchev–Trinajstić information content (AvgIpc) is 2.63. The summed E-state index contributed by atoms with van der Waals surface area (Å²) in [6.07, 6.45) is 0.241. The van der Waals surface area contributed by atoms with Crippen LogP contribution in [0.5, 0.6) is 11.5 Å². The van der Waals surface area contributed by atoms with Gasteiger partial charge in [-0.05, 0) is 6.92 Å². The minimum absolute atomic E-state index is 0.170. The summed E-state index contributed by atoms with van der Waals surface area (Å²) in [5.74, 6) is 0.978. The monoisotopic (exact) mass is 256 g/mol. The van der Waals surface area contributed by atoms with Gasteiger partial charge in [0.2, 0.25) is 12.7 Å². The Morgan fingerprint density at radius 3 is 2.82 bits per heavy atom. The number of hydrogen-bond acceptors (Lipinski definition) is 4. The number of ether oxygens (including phenoxy) is 2. The van der Waals surface area contributed by atoms with Gasteiger partial charge in [0.15, 0.2) is 11.5 Å². The predicted molar refractivity (Wildman–Crippen MR) is 64.5 cm³/mol. The normalized spacial score (nSPS) is 14.5. The highest BCUT2D eigenvalue weighted by Crippen LogP contribution is 2.39. The van der Waals surface area contributed by atoms with Crippen LogP contribution >= 0.6 is 11.6 Å². The highest BCUT2D eigenvalue weighted by Gasteiger charge is 2.17. The molecule has 0 spiro atoms. The van der Waals surface area contributed by atoms with E-state index >= 15 is 0 Å². The van der Waals surface area contributed by atoms with Crippen LogP contribution in [0.4, 0.5) is 5.69 Å². The summed E-state index contributed by atoms with van der Waals surface area (Å²) in [6, 6.07) is 3.07. The molecule has 1 aliphatic rings. The first-order valence-corrected chi connectivity index (χ1v) is 5.58. The van der Waals surface area contributed by atoms with Crippen molar-refractivity contribution in [3.05, 3.63) is 17.2 Å². The number of benzene rings is 1. The molecule has 1 aromatic carbocycles. The van der Waals surface area contributed by atoms with Crippen LogP contribution in [0.15, 0.2) is 12.1 Å². The van der Waals surface area contributed by atoms with Gasteiger partial charge < -0.3 is 20.5 Å². The molecule has 1 aromatic rings. The first-order valence-electron chi connectivity index (χ1n) is 5.21. The summed E-state index contributed by atoms with van der Waals surface area (Å²) in [5, 5.41) is 3.09. The lowest BCUT2D eigenvalue weighted by molar-refractivity contribution is -0.116. The molecule has 1 heterocycles. The molecule has 3 N–H and O–H groups in total. The number of fused-ring (bicyclic) bond motifs is 1. The summed E-state index contributed by atoms with van der Waals surface area (Å²) in [6.45, 7) is 1.93. The molecule has 2 rings (SSSR count). The Morgan fingerprint density at radius 1 is 1.53 bits per heavy atom. The van der Waals surface area contributed by atoms with Gasteiger partial charge in [-0.15, -0.1) is 0 Å². The average molecular weight is 257 g/mol. The number of carbonyl (C=O) groups excluding carboxylic acids is 1. The van der Waals surface area contributed by atoms with Gasteiger partial charge in [-0.3, -0.25) is 4.79 Å². The van der Waals surface area contributed by atoms with Crippen LogP contribution in [0, 0.1) is 0 Å². The summed E-state index contributed by atoms with van der Waals surface area (Å²) in [4.78, 5) is 11.6. The molecule has 0 saturated heterocycles. The number of halogens is 1. The van der Waals surface area contributed by atoms with Gasteiger partial charge >= 0.3 is 0 Å². The fourth-order valence-electron chi connectivity index (χ4n) is 1.51. The van der Waals surface area contributed by atoms with Gasteiger partial charge in [-0.2, -0.15) is 0 Å². The number of amides is 1. The number of rotatable bonds is 3. The molecule has 0 saturated carbocycles. The van der Waals surface area contributed by atoms with E-state index in [-0.39, 0.29) is 25.2 Å². The van der Waals surface area contributed by atoms with Crippen molar-refractivity contribution in [2.45, 2.75) is 19.4 Å². The van der Waals surface area contributed by atoms with Gasteiger partial charge in [0.05, 0.1) is 10.7 Å². The Labute approximate surface area is 104 Å². The number of carbonyl (C=O) groups is 1. The Balaban J connectivity index is 2.13. The molecule has 92 valence electrons. The van der Waals surface area contributed by atoms with E-state index in [1.807, 2.05) is 0 Å². The molecule has 17 heavy (non-hydrogen) atoms. The molecule has 0 aromatic heterocycles. The SMILES string of the molecule is CC(N)CC(=O)Nc1cc2c(cc1Cl)OCO2. The predicted octanol–water partition coefficient (Wildman–Crippen LogP) is 1.74. The third-order valence-electron chi connectivity index (χ3n) is 2.24. The molecular formula is C11H13ClN2O3. The van der Waals surface area contributed by atoms with Crippen molar-refractivity contribution in [2.24, 2.45) is 5.73 Å². The smallest absolute Gasteiger partial charge is 0.231 e. The Morgan fingerprint density at radius 2 is 2.18 bits per heavy atom. The molecular weight excluding hydrogens is 244 g/mol. The Bertz CT molecular complexity index is 449. The van der Waals surface area contributed by atoms with Crippen LogP contribution in [-0.2, 0) is 4.79 Å². The molecule has 1 unspecified atom stereocenters. The zero-order valence-electron chi connectivity index (χ0n) is 9.33. The molecule has 0 aliphatic carbocycles. The van der Waals surface area contributed by atoms with Gasteiger partial charge in [0.25, 0.3) is 0 Å². The van der Waals surface area contributed by atoms with E-state index in [4.69, 9.17) is 26.8 Å². The topological polar surface area (TPSA) is 73.6 Å². The molecule has 0 fully saturated rings. The van der Waals surface area contributed by atoms with Crippen molar-refractivity contribution >= 4 is 23.2 Å². The summed E-state index contributed by atoms with van der Waals surface area (Å²) >= 11 is 6.01. The van der Waals surface area contributed by atoms with E-state index in [9.17, 15) is 4.79 Å². The molecule has 5 nitrogen and oxygen atoms in total. The highest BCUT2D eigenvalue weighted by molar-refractivity contribution is 6.34. The number of nitrogens with one attached hydrogen (secondary N) is 1. The molecule has 0 bridgehead atoms. The molecule has 1 aliphatic heterocycles. The second-order valence-electron chi connectivity index (χ2n) is 3.91. The fourth-order valence-corrected chi connectivity index (χ4v) is 1.71. The van der Waals surface area contributed by atoms with Crippen LogP contribution in [0.25, 0.3) is 0 Å². The van der Waals surface area contributed by atoms with Crippen molar-refractivity contribution < 1.29 is 14.3 Å². The third-order valence-corrected chi connectivity index (χ3v) is 2.56. The lowest BCUT2D eigenvalue weighted by atomic mass is 10.2. The lowest BCUT2D eigenvalue weighted by Gasteiger charge is -2.09. The first kappa shape index (κ1) is 12.0. The quantitative estimate of drug-likeness (QED) is 0.864. The zero-order valence-corrected chi connectivity index (χ0v) is 10.1. The zero-order chi connectivity index (χ0) is 12.4. The molecule has 6 heteroatoms. The Hall–Kier alpha value is -1.46. The van der Waals surface area contributed by atoms with Gasteiger partial charge in [0, 0.05) is 24.6 Å². The second-order valence-corrected chi connectivity index (χ2v) is 4.32. The standard InChI is InChI=1S/C11H13ClN2O3/c1-6(13)2-11(15)14-8-4-10-9(3-7(8)12)16-5-17-10/h3-4,6H,2,5,13H2,1H3,(H,14,15). The maximum atomic E-state index is 11.6. The van der Waals surface area contributed by atoms with Crippen molar-refractivity contribution in [3.8, 4) is 11.5 Å². The number of anilines is 1. The third kappa shape index (κ3) is 2.81. The van der Waals surface area contributed by atoms with Gasteiger partial charge in [-0.1, -0.05) is 11.6 Å². The minimum atomic E-state index is -0.192. The van der Waals surface area contributed by atoms with Crippen LogP contribution in [-0.4, -0.2) is 18.7 Å². The molecule has 1 amide bonds. The van der Waals surface area contributed by atoms with Gasteiger partial charge in [0.1, 0.15) is 0 Å². The van der Waals surface area contributed by atoms with Crippen LogP contribution < -0.4 is 20.5 Å². The summed E-state index contributed by atoms with van der Waals surface area (Å²) in [5.41, 5.74) is 6.04. The summed E-state index contributed by atoms with van der Waals surface area (Å²) in [7, 11) is 0. The highest BCUT2D eigenvalue weighted by atomic mass is 35.5. The Kier molecular flexibility index (Phi) is 3.40. The minimum Gasteiger partial charge on any atom is -0.454 e. The molecule has 0 radical (unpaired) electrons. The van der Waals surface area contributed by atoms with Crippen molar-refractivity contribution in [1.82, 2.24) is 0 Å². The lowest BCUT2D eigenvalue weighted by Crippen LogP contribution is -2.24. The van der Waals surface area contributed by atoms with Crippen LogP contribution in [0.3, 0.4) is 0 Å².